The van der Waals surface area contributed by atoms with Gasteiger partial charge in [-0.05, 0) is 24.6 Å². The molecule has 0 spiro atoms. The van der Waals surface area contributed by atoms with Gasteiger partial charge in [0.25, 0.3) is 0 Å². The monoisotopic (exact) mass is 294 g/mol. The van der Waals surface area contributed by atoms with Crippen LogP contribution in [0.5, 0.6) is 0 Å². The molecule has 0 heterocycles. The molecule has 21 heavy (non-hydrogen) atoms. The van der Waals surface area contributed by atoms with Crippen molar-refractivity contribution in [2.45, 2.75) is 33.0 Å². The van der Waals surface area contributed by atoms with Gasteiger partial charge in [0.1, 0.15) is 0 Å². The second kappa shape index (κ2) is 10.7. The van der Waals surface area contributed by atoms with E-state index in [-0.39, 0.29) is 0 Å². The summed E-state index contributed by atoms with van der Waals surface area (Å²) < 4.78 is 10.5. The van der Waals surface area contributed by atoms with Crippen LogP contribution in [0.15, 0.2) is 24.3 Å². The van der Waals surface area contributed by atoms with Crippen molar-refractivity contribution >= 4 is 0 Å². The molecule has 0 fully saturated rings. The zero-order valence-electron chi connectivity index (χ0n) is 13.9. The standard InChI is InChI=1S/C17H30N2O2/c1-5-18-12-16-7-6-8-17(11-16)13-19(9-10-20-3)15(2)14-21-4/h6-8,11,15,18H,5,9-10,12-14H2,1-4H3. The van der Waals surface area contributed by atoms with Crippen LogP contribution in [0.4, 0.5) is 0 Å². The normalized spacial score (nSPS) is 12.8. The first-order valence-electron chi connectivity index (χ1n) is 7.71. The summed E-state index contributed by atoms with van der Waals surface area (Å²) >= 11 is 0. The molecule has 0 saturated carbocycles. The number of methoxy groups -OCH3 is 2. The summed E-state index contributed by atoms with van der Waals surface area (Å²) in [7, 11) is 3.50. The molecule has 0 amide bonds. The molecule has 0 aliphatic carbocycles. The van der Waals surface area contributed by atoms with Gasteiger partial charge in [-0.1, -0.05) is 31.2 Å². The summed E-state index contributed by atoms with van der Waals surface area (Å²) in [6, 6.07) is 9.15. The summed E-state index contributed by atoms with van der Waals surface area (Å²) in [4.78, 5) is 2.40. The second-order valence-electron chi connectivity index (χ2n) is 5.37. The van der Waals surface area contributed by atoms with Gasteiger partial charge in [0.05, 0.1) is 13.2 Å². The van der Waals surface area contributed by atoms with E-state index in [2.05, 4.69) is 48.3 Å². The van der Waals surface area contributed by atoms with E-state index in [9.17, 15) is 0 Å². The van der Waals surface area contributed by atoms with Crippen molar-refractivity contribution in [2.24, 2.45) is 0 Å². The van der Waals surface area contributed by atoms with Crippen LogP contribution >= 0.6 is 0 Å². The average molecular weight is 294 g/mol. The number of benzene rings is 1. The van der Waals surface area contributed by atoms with E-state index in [4.69, 9.17) is 9.47 Å². The van der Waals surface area contributed by atoms with Crippen LogP contribution < -0.4 is 5.32 Å². The largest absolute Gasteiger partial charge is 0.383 e. The predicted octanol–water partition coefficient (Wildman–Crippen LogP) is 2.28. The molecule has 0 aliphatic heterocycles. The summed E-state index contributed by atoms with van der Waals surface area (Å²) in [6.07, 6.45) is 0. The van der Waals surface area contributed by atoms with Crippen molar-refractivity contribution in [2.75, 3.05) is 40.5 Å². The van der Waals surface area contributed by atoms with Crippen LogP contribution in [0.2, 0.25) is 0 Å². The lowest BCUT2D eigenvalue weighted by Crippen LogP contribution is -2.38. The van der Waals surface area contributed by atoms with E-state index >= 15 is 0 Å². The van der Waals surface area contributed by atoms with Crippen molar-refractivity contribution in [3.05, 3.63) is 35.4 Å². The topological polar surface area (TPSA) is 33.7 Å². The third kappa shape index (κ3) is 7.05. The molecule has 0 bridgehead atoms. The fourth-order valence-electron chi connectivity index (χ4n) is 2.35. The number of hydrogen-bond donors (Lipinski definition) is 1. The molecular formula is C17H30N2O2. The van der Waals surface area contributed by atoms with E-state index in [1.807, 2.05) is 0 Å². The Morgan fingerprint density at radius 1 is 1.19 bits per heavy atom. The Hall–Kier alpha value is -0.940. The molecule has 0 radical (unpaired) electrons. The average Bonchev–Trinajstić information content (AvgIpc) is 2.50. The molecule has 1 rings (SSSR count). The maximum absolute atomic E-state index is 5.29. The van der Waals surface area contributed by atoms with Crippen molar-refractivity contribution < 1.29 is 9.47 Å². The summed E-state index contributed by atoms with van der Waals surface area (Å²) in [6.45, 7) is 9.56. The van der Waals surface area contributed by atoms with Crippen molar-refractivity contribution in [1.82, 2.24) is 10.2 Å². The van der Waals surface area contributed by atoms with Gasteiger partial charge in [-0.25, -0.2) is 0 Å². The quantitative estimate of drug-likeness (QED) is 0.679. The van der Waals surface area contributed by atoms with Gasteiger partial charge in [0.2, 0.25) is 0 Å². The van der Waals surface area contributed by atoms with Gasteiger partial charge in [0.15, 0.2) is 0 Å². The van der Waals surface area contributed by atoms with Gasteiger partial charge >= 0.3 is 0 Å². The zero-order valence-corrected chi connectivity index (χ0v) is 13.9. The van der Waals surface area contributed by atoms with Crippen molar-refractivity contribution in [1.29, 1.82) is 0 Å². The molecule has 4 nitrogen and oxygen atoms in total. The minimum absolute atomic E-state index is 0.377. The molecular weight excluding hydrogens is 264 g/mol. The van der Waals surface area contributed by atoms with Gasteiger partial charge in [-0.2, -0.15) is 0 Å². The maximum atomic E-state index is 5.29. The Morgan fingerprint density at radius 2 is 1.95 bits per heavy atom. The molecule has 4 heteroatoms. The Bertz CT molecular complexity index is 385. The van der Waals surface area contributed by atoms with Crippen LogP contribution in [0.3, 0.4) is 0 Å². The fraction of sp³-hybridized carbons (Fsp3) is 0.647. The van der Waals surface area contributed by atoms with Gasteiger partial charge in [-0.3, -0.25) is 4.90 Å². The van der Waals surface area contributed by atoms with E-state index in [1.165, 1.54) is 11.1 Å². The van der Waals surface area contributed by atoms with Crippen LogP contribution in [0, 0.1) is 0 Å². The number of nitrogens with zero attached hydrogens (tertiary/aromatic N) is 1. The van der Waals surface area contributed by atoms with Crippen LogP contribution in [-0.2, 0) is 22.6 Å². The molecule has 1 atom stereocenters. The third-order valence-electron chi connectivity index (χ3n) is 3.57. The van der Waals surface area contributed by atoms with Gasteiger partial charge < -0.3 is 14.8 Å². The summed E-state index contributed by atoms with van der Waals surface area (Å²) in [5, 5.41) is 3.37. The lowest BCUT2D eigenvalue weighted by Gasteiger charge is -2.28. The highest BCUT2D eigenvalue weighted by Crippen LogP contribution is 2.11. The minimum atomic E-state index is 0.377. The predicted molar refractivity (Wildman–Crippen MR) is 87.4 cm³/mol. The molecule has 1 aromatic carbocycles. The van der Waals surface area contributed by atoms with Gasteiger partial charge in [-0.15, -0.1) is 0 Å². The molecule has 0 saturated heterocycles. The highest BCUT2D eigenvalue weighted by Gasteiger charge is 2.14. The molecule has 1 aromatic rings. The van der Waals surface area contributed by atoms with Crippen LogP contribution in [0.1, 0.15) is 25.0 Å². The van der Waals surface area contributed by atoms with Crippen LogP contribution in [0.25, 0.3) is 0 Å². The highest BCUT2D eigenvalue weighted by molar-refractivity contribution is 5.23. The summed E-state index contributed by atoms with van der Waals surface area (Å²) in [5.74, 6) is 0. The molecule has 0 aliphatic rings. The van der Waals surface area contributed by atoms with E-state index in [1.54, 1.807) is 14.2 Å². The van der Waals surface area contributed by atoms with E-state index < -0.39 is 0 Å². The molecule has 1 unspecified atom stereocenters. The number of rotatable bonds is 11. The maximum Gasteiger partial charge on any atom is 0.0615 e. The summed E-state index contributed by atoms with van der Waals surface area (Å²) in [5.41, 5.74) is 2.67. The van der Waals surface area contributed by atoms with Crippen molar-refractivity contribution in [3.8, 4) is 0 Å². The third-order valence-corrected chi connectivity index (χ3v) is 3.57. The molecule has 0 aromatic heterocycles. The second-order valence-corrected chi connectivity index (χ2v) is 5.37. The minimum Gasteiger partial charge on any atom is -0.383 e. The fourth-order valence-corrected chi connectivity index (χ4v) is 2.35. The Kier molecular flexibility index (Phi) is 9.26. The lowest BCUT2D eigenvalue weighted by molar-refractivity contribution is 0.0705. The Labute approximate surface area is 129 Å². The van der Waals surface area contributed by atoms with E-state index in [0.717, 1.165) is 39.4 Å². The zero-order chi connectivity index (χ0) is 15.5. The number of hydrogen-bond acceptors (Lipinski definition) is 4. The first-order valence-corrected chi connectivity index (χ1v) is 7.71. The van der Waals surface area contributed by atoms with Crippen LogP contribution in [-0.4, -0.2) is 51.5 Å². The molecule has 1 N–H and O–H groups in total. The Morgan fingerprint density at radius 3 is 2.62 bits per heavy atom. The SMILES string of the molecule is CCNCc1cccc(CN(CCOC)C(C)COC)c1. The first kappa shape index (κ1) is 18.1. The highest BCUT2D eigenvalue weighted by atomic mass is 16.5. The smallest absolute Gasteiger partial charge is 0.0615 e. The Balaban J connectivity index is 2.67. The number of ether oxygens (including phenoxy) is 2. The first-order chi connectivity index (χ1) is 10.2. The number of nitrogens with one attached hydrogen (secondary N) is 1. The molecule has 120 valence electrons. The van der Waals surface area contributed by atoms with E-state index in [0.29, 0.717) is 6.04 Å². The van der Waals surface area contributed by atoms with Gasteiger partial charge in [0, 0.05) is 39.9 Å². The lowest BCUT2D eigenvalue weighted by atomic mass is 10.1. The van der Waals surface area contributed by atoms with Crippen molar-refractivity contribution in [3.63, 3.8) is 0 Å².